The van der Waals surface area contributed by atoms with Gasteiger partial charge in [0.25, 0.3) is 0 Å². The van der Waals surface area contributed by atoms with Gasteiger partial charge in [-0.05, 0) is 91.9 Å². The molecule has 1 atom stereocenters. The van der Waals surface area contributed by atoms with Crippen LogP contribution in [0.2, 0.25) is 0 Å². The van der Waals surface area contributed by atoms with Crippen molar-refractivity contribution in [3.05, 3.63) is 213 Å². The van der Waals surface area contributed by atoms with E-state index in [-0.39, 0.29) is 11.3 Å². The lowest BCUT2D eigenvalue weighted by Gasteiger charge is -2.35. The van der Waals surface area contributed by atoms with Crippen molar-refractivity contribution in [2.75, 3.05) is 0 Å². The molecule has 0 bridgehead atoms. The molecule has 48 heavy (non-hydrogen) atoms. The zero-order chi connectivity index (χ0) is 31.8. The minimum atomic E-state index is -0.395. The number of rotatable bonds is 2. The molecule has 2 aliphatic rings. The van der Waals surface area contributed by atoms with Crippen LogP contribution in [0.25, 0.3) is 44.2 Å². The Hall–Kier alpha value is -5.99. The Morgan fingerprint density at radius 3 is 1.85 bits per heavy atom. The lowest BCUT2D eigenvalue weighted by Crippen LogP contribution is -2.30. The molecule has 226 valence electrons. The molecule has 2 aliphatic carbocycles. The van der Waals surface area contributed by atoms with Gasteiger partial charge in [0.05, 0.1) is 16.2 Å². The fourth-order valence-corrected chi connectivity index (χ4v) is 8.68. The first-order valence-corrected chi connectivity index (χ1v) is 16.6. The zero-order valence-corrected chi connectivity index (χ0v) is 26.2. The molecule has 0 amide bonds. The maximum Gasteiger partial charge on any atom is 0.200 e. The van der Waals surface area contributed by atoms with Crippen molar-refractivity contribution >= 4 is 21.9 Å². The van der Waals surface area contributed by atoms with Crippen molar-refractivity contribution in [1.29, 1.82) is 0 Å². The van der Waals surface area contributed by atoms with E-state index in [0.29, 0.717) is 21.9 Å². The third-order valence-corrected chi connectivity index (χ3v) is 10.8. The molecule has 1 unspecified atom stereocenters. The molecule has 7 aromatic carbocycles. The molecule has 0 saturated carbocycles. The Morgan fingerprint density at radius 2 is 1.08 bits per heavy atom. The lowest BCUT2D eigenvalue weighted by molar-refractivity contribution is 0.660. The van der Waals surface area contributed by atoms with Crippen LogP contribution in [0.1, 0.15) is 44.9 Å². The SMILES string of the molecule is O=c1c2ccccc2oc2cc(-c3ccc(C4Cc5ccccc5C5(c6ccccc6-c6ccccc65)c5ccccc54)cc3)ccc12. The molecule has 2 nitrogen and oxygen atoms in total. The first-order chi connectivity index (χ1) is 23.7. The van der Waals surface area contributed by atoms with E-state index in [9.17, 15) is 4.79 Å². The summed E-state index contributed by atoms with van der Waals surface area (Å²) in [6.07, 6.45) is 0.910. The number of para-hydroxylation sites is 1. The van der Waals surface area contributed by atoms with Gasteiger partial charge < -0.3 is 4.42 Å². The Labute approximate surface area is 278 Å². The minimum Gasteiger partial charge on any atom is -0.456 e. The fraction of sp³-hybridized carbons (Fsp3) is 0.0652. The van der Waals surface area contributed by atoms with Crippen molar-refractivity contribution in [1.82, 2.24) is 0 Å². The molecule has 0 saturated heterocycles. The molecule has 1 spiro atoms. The molecule has 0 aliphatic heterocycles. The monoisotopic (exact) mass is 614 g/mol. The van der Waals surface area contributed by atoms with Gasteiger partial charge in [-0.1, -0.05) is 140 Å². The van der Waals surface area contributed by atoms with Crippen molar-refractivity contribution in [2.24, 2.45) is 0 Å². The van der Waals surface area contributed by atoms with E-state index in [2.05, 4.69) is 121 Å². The molecule has 10 rings (SSSR count). The smallest absolute Gasteiger partial charge is 0.200 e. The van der Waals surface area contributed by atoms with Crippen LogP contribution in [0.15, 0.2) is 173 Å². The second kappa shape index (κ2) is 10.3. The van der Waals surface area contributed by atoms with Crippen LogP contribution in [0.5, 0.6) is 0 Å². The molecule has 1 heterocycles. The van der Waals surface area contributed by atoms with Crippen molar-refractivity contribution in [3.8, 4) is 22.3 Å². The van der Waals surface area contributed by atoms with Gasteiger partial charge in [-0.3, -0.25) is 4.79 Å². The topological polar surface area (TPSA) is 30.2 Å². The molecular weight excluding hydrogens is 585 g/mol. The summed E-state index contributed by atoms with van der Waals surface area (Å²) < 4.78 is 6.19. The Balaban J connectivity index is 1.13. The van der Waals surface area contributed by atoms with Gasteiger partial charge in [0, 0.05) is 5.92 Å². The summed E-state index contributed by atoms with van der Waals surface area (Å²) >= 11 is 0. The van der Waals surface area contributed by atoms with Crippen LogP contribution in [-0.4, -0.2) is 0 Å². The zero-order valence-electron chi connectivity index (χ0n) is 26.2. The summed E-state index contributed by atoms with van der Waals surface area (Å²) in [4.78, 5) is 13.1. The number of hydrogen-bond donors (Lipinski definition) is 0. The van der Waals surface area contributed by atoms with Crippen LogP contribution in [-0.2, 0) is 11.8 Å². The predicted molar refractivity (Wildman–Crippen MR) is 195 cm³/mol. The Bertz CT molecular complexity index is 2580. The molecule has 8 aromatic rings. The standard InChI is InChI=1S/C46H30O2/c47-45-36-15-5-10-20-43(36)48-44-28-31(25-26-37(44)45)29-21-23-30(24-22-29)38-27-32-11-1-6-16-39(32)46(42-19-9-4-14-35(38)42)40-17-7-2-12-33(40)34-13-3-8-18-41(34)46/h1-26,28,38H,27H2. The first-order valence-electron chi connectivity index (χ1n) is 16.6. The van der Waals surface area contributed by atoms with Gasteiger partial charge in [-0.15, -0.1) is 0 Å². The second-order valence-electron chi connectivity index (χ2n) is 13.1. The van der Waals surface area contributed by atoms with Crippen LogP contribution < -0.4 is 5.43 Å². The van der Waals surface area contributed by atoms with Gasteiger partial charge in [0.2, 0.25) is 5.43 Å². The molecule has 0 fully saturated rings. The van der Waals surface area contributed by atoms with Gasteiger partial charge in [0.1, 0.15) is 11.2 Å². The number of hydrogen-bond acceptors (Lipinski definition) is 2. The van der Waals surface area contributed by atoms with Crippen LogP contribution in [0.3, 0.4) is 0 Å². The highest BCUT2D eigenvalue weighted by Crippen LogP contribution is 2.59. The summed E-state index contributed by atoms with van der Waals surface area (Å²) in [6, 6.07) is 58.5. The molecule has 1 aromatic heterocycles. The lowest BCUT2D eigenvalue weighted by atomic mass is 9.66. The fourth-order valence-electron chi connectivity index (χ4n) is 8.68. The van der Waals surface area contributed by atoms with Gasteiger partial charge in [-0.25, -0.2) is 0 Å². The summed E-state index contributed by atoms with van der Waals surface area (Å²) in [5.41, 5.74) is 15.1. The van der Waals surface area contributed by atoms with Crippen LogP contribution in [0, 0.1) is 0 Å². The normalized spacial score (nSPS) is 15.5. The predicted octanol–water partition coefficient (Wildman–Crippen LogP) is 10.7. The Morgan fingerprint density at radius 1 is 0.500 bits per heavy atom. The van der Waals surface area contributed by atoms with Crippen molar-refractivity contribution in [2.45, 2.75) is 17.8 Å². The number of fused-ring (bicyclic) bond motifs is 11. The van der Waals surface area contributed by atoms with Crippen molar-refractivity contribution < 1.29 is 4.42 Å². The summed E-state index contributed by atoms with van der Waals surface area (Å²) in [7, 11) is 0. The second-order valence-corrected chi connectivity index (χ2v) is 13.1. The van der Waals surface area contributed by atoms with Crippen LogP contribution >= 0.6 is 0 Å². The molecule has 0 radical (unpaired) electrons. The molecule has 2 heteroatoms. The highest BCUT2D eigenvalue weighted by molar-refractivity contribution is 5.92. The van der Waals surface area contributed by atoms with E-state index in [1.54, 1.807) is 0 Å². The summed E-state index contributed by atoms with van der Waals surface area (Å²) in [6.45, 7) is 0. The summed E-state index contributed by atoms with van der Waals surface area (Å²) in [5.74, 6) is 0.177. The highest BCUT2D eigenvalue weighted by atomic mass is 16.3. The maximum absolute atomic E-state index is 13.1. The van der Waals surface area contributed by atoms with Crippen LogP contribution in [0.4, 0.5) is 0 Å². The van der Waals surface area contributed by atoms with E-state index < -0.39 is 5.41 Å². The Kier molecular flexibility index (Phi) is 5.80. The van der Waals surface area contributed by atoms with E-state index >= 15 is 0 Å². The highest BCUT2D eigenvalue weighted by Gasteiger charge is 2.49. The van der Waals surface area contributed by atoms with E-state index in [1.807, 2.05) is 42.5 Å². The van der Waals surface area contributed by atoms with Gasteiger partial charge in [-0.2, -0.15) is 0 Å². The van der Waals surface area contributed by atoms with E-state index in [1.165, 1.54) is 50.1 Å². The van der Waals surface area contributed by atoms with Gasteiger partial charge in [0.15, 0.2) is 0 Å². The molecular formula is C46H30O2. The first kappa shape index (κ1) is 27.2. The minimum absolute atomic E-state index is 0.00587. The average Bonchev–Trinajstić information content (AvgIpc) is 3.37. The average molecular weight is 615 g/mol. The third kappa shape index (κ3) is 3.72. The maximum atomic E-state index is 13.1. The van der Waals surface area contributed by atoms with E-state index in [4.69, 9.17) is 4.42 Å². The largest absolute Gasteiger partial charge is 0.456 e. The number of benzene rings is 7. The van der Waals surface area contributed by atoms with Crippen molar-refractivity contribution in [3.63, 3.8) is 0 Å². The van der Waals surface area contributed by atoms with E-state index in [0.717, 1.165) is 17.5 Å². The third-order valence-electron chi connectivity index (χ3n) is 10.8. The quantitative estimate of drug-likeness (QED) is 0.181. The van der Waals surface area contributed by atoms with Gasteiger partial charge >= 0.3 is 0 Å². The summed E-state index contributed by atoms with van der Waals surface area (Å²) in [5, 5.41) is 1.21. The molecule has 0 N–H and O–H groups in total.